The Balaban J connectivity index is 1.49. The molecular formula is C17H17N5O2. The molecule has 122 valence electrons. The van der Waals surface area contributed by atoms with Crippen LogP contribution in [0.3, 0.4) is 0 Å². The van der Waals surface area contributed by atoms with E-state index in [2.05, 4.69) is 15.4 Å². The molecule has 0 aliphatic heterocycles. The summed E-state index contributed by atoms with van der Waals surface area (Å²) in [4.78, 5) is 16.7. The third kappa shape index (κ3) is 2.48. The van der Waals surface area contributed by atoms with Gasteiger partial charge in [-0.15, -0.1) is 0 Å². The Morgan fingerprint density at radius 3 is 3.00 bits per heavy atom. The van der Waals surface area contributed by atoms with Crippen molar-refractivity contribution in [2.75, 3.05) is 0 Å². The van der Waals surface area contributed by atoms with E-state index in [0.717, 1.165) is 17.5 Å². The Labute approximate surface area is 138 Å². The molecule has 0 radical (unpaired) electrons. The number of hydrogen-bond donors (Lipinski definition) is 2. The second-order valence-electron chi connectivity index (χ2n) is 5.95. The number of nitrogens with two attached hydrogens (primary N) is 1. The number of nitrogens with one attached hydrogen (secondary N) is 1. The van der Waals surface area contributed by atoms with Gasteiger partial charge < -0.3 is 15.5 Å². The summed E-state index contributed by atoms with van der Waals surface area (Å²) in [5.41, 5.74) is 9.46. The molecule has 1 aliphatic carbocycles. The molecule has 0 unspecified atom stereocenters. The summed E-state index contributed by atoms with van der Waals surface area (Å²) >= 11 is 0. The van der Waals surface area contributed by atoms with Crippen LogP contribution >= 0.6 is 0 Å². The maximum Gasteiger partial charge on any atom is 0.273 e. The first-order valence-electron chi connectivity index (χ1n) is 7.70. The van der Waals surface area contributed by atoms with Crippen LogP contribution in [0.2, 0.25) is 0 Å². The number of fused-ring (bicyclic) bond motifs is 1. The number of amides is 1. The van der Waals surface area contributed by atoms with Crippen LogP contribution in [0.1, 0.15) is 27.7 Å². The normalized spacial score (nSPS) is 19.2. The van der Waals surface area contributed by atoms with Gasteiger partial charge >= 0.3 is 0 Å². The van der Waals surface area contributed by atoms with Gasteiger partial charge in [0.15, 0.2) is 5.69 Å². The summed E-state index contributed by atoms with van der Waals surface area (Å²) in [5.74, 6) is 0.0782. The molecule has 0 bridgehead atoms. The van der Waals surface area contributed by atoms with Crippen molar-refractivity contribution in [2.45, 2.75) is 18.5 Å². The summed E-state index contributed by atoms with van der Waals surface area (Å²) in [5, 5.41) is 7.02. The highest BCUT2D eigenvalue weighted by Crippen LogP contribution is 2.29. The zero-order valence-electron chi connectivity index (χ0n) is 13.1. The largest absolute Gasteiger partial charge is 0.444 e. The fraction of sp³-hybridized carbons (Fsp3) is 0.235. The smallest absolute Gasteiger partial charge is 0.273 e. The second-order valence-corrected chi connectivity index (χ2v) is 5.95. The minimum Gasteiger partial charge on any atom is -0.444 e. The van der Waals surface area contributed by atoms with Gasteiger partial charge in [-0.1, -0.05) is 24.3 Å². The lowest BCUT2D eigenvalue weighted by atomic mass is 10.1. The number of carbonyl (C=O) groups excluding carboxylic acids is 1. The Morgan fingerprint density at radius 1 is 1.42 bits per heavy atom. The topological polar surface area (TPSA) is 99.0 Å². The van der Waals surface area contributed by atoms with E-state index >= 15 is 0 Å². The van der Waals surface area contributed by atoms with Crippen molar-refractivity contribution in [2.24, 2.45) is 12.8 Å². The van der Waals surface area contributed by atoms with E-state index in [9.17, 15) is 4.79 Å². The van der Waals surface area contributed by atoms with Gasteiger partial charge in [0.1, 0.15) is 6.26 Å². The van der Waals surface area contributed by atoms with Crippen molar-refractivity contribution in [3.63, 3.8) is 0 Å². The van der Waals surface area contributed by atoms with Crippen molar-refractivity contribution in [1.29, 1.82) is 0 Å². The molecule has 4 rings (SSSR count). The molecule has 1 aliphatic rings. The number of aryl methyl sites for hydroxylation is 1. The van der Waals surface area contributed by atoms with E-state index in [0.29, 0.717) is 5.89 Å². The first kappa shape index (κ1) is 14.6. The summed E-state index contributed by atoms with van der Waals surface area (Å²) in [6, 6.07) is 7.62. The molecule has 2 atom stereocenters. The number of rotatable bonds is 3. The first-order chi connectivity index (χ1) is 11.6. The van der Waals surface area contributed by atoms with Crippen molar-refractivity contribution >= 4 is 5.91 Å². The third-order valence-corrected chi connectivity index (χ3v) is 4.29. The van der Waals surface area contributed by atoms with Crippen molar-refractivity contribution < 1.29 is 9.21 Å². The molecule has 2 aromatic heterocycles. The molecule has 7 nitrogen and oxygen atoms in total. The lowest BCUT2D eigenvalue weighted by Crippen LogP contribution is -2.40. The predicted molar refractivity (Wildman–Crippen MR) is 87.0 cm³/mol. The number of benzene rings is 1. The van der Waals surface area contributed by atoms with Crippen molar-refractivity contribution in [3.8, 4) is 11.5 Å². The lowest BCUT2D eigenvalue weighted by molar-refractivity contribution is 0.0928. The monoisotopic (exact) mass is 323 g/mol. The molecule has 0 saturated heterocycles. The van der Waals surface area contributed by atoms with Gasteiger partial charge in [0, 0.05) is 13.2 Å². The molecular weight excluding hydrogens is 306 g/mol. The number of hydrogen-bond acceptors (Lipinski definition) is 5. The number of aromatic nitrogens is 3. The summed E-state index contributed by atoms with van der Waals surface area (Å²) < 4.78 is 7.03. The zero-order chi connectivity index (χ0) is 16.7. The van der Waals surface area contributed by atoms with E-state index < -0.39 is 0 Å². The number of nitrogens with zero attached hydrogens (tertiary/aromatic N) is 3. The fourth-order valence-electron chi connectivity index (χ4n) is 3.05. The van der Waals surface area contributed by atoms with Crippen molar-refractivity contribution in [1.82, 2.24) is 20.1 Å². The highest BCUT2D eigenvalue weighted by atomic mass is 16.3. The highest BCUT2D eigenvalue weighted by molar-refractivity contribution is 5.92. The molecule has 0 spiro atoms. The molecule has 1 aromatic carbocycles. The lowest BCUT2D eigenvalue weighted by Gasteiger charge is -2.16. The van der Waals surface area contributed by atoms with Gasteiger partial charge in [-0.05, 0) is 17.5 Å². The number of carbonyl (C=O) groups is 1. The quantitative estimate of drug-likeness (QED) is 0.759. The standard InChI is InChI=1S/C17H17N5O2/c1-22-8-11(7-19-22)17-21-14(9-24-17)16(23)20-13-6-10-4-2-3-5-12(10)15(13)18/h2-5,7-9,13,15H,6,18H2,1H3,(H,20,23)/t13-,15-/m1/s1. The minimum atomic E-state index is -0.290. The molecule has 24 heavy (non-hydrogen) atoms. The van der Waals surface area contributed by atoms with E-state index in [1.807, 2.05) is 24.3 Å². The third-order valence-electron chi connectivity index (χ3n) is 4.29. The SMILES string of the molecule is Cn1cc(-c2nc(C(=O)N[C@@H]3Cc4ccccc4[C@H]3N)co2)cn1. The summed E-state index contributed by atoms with van der Waals surface area (Å²) in [7, 11) is 1.80. The molecule has 1 amide bonds. The Kier molecular flexibility index (Phi) is 3.42. The van der Waals surface area contributed by atoms with E-state index in [-0.39, 0.29) is 23.7 Å². The molecule has 0 saturated carbocycles. The molecule has 3 N–H and O–H groups in total. The average molecular weight is 323 g/mol. The van der Waals surface area contributed by atoms with E-state index in [1.165, 1.54) is 11.8 Å². The van der Waals surface area contributed by atoms with Crippen LogP contribution in [0.4, 0.5) is 0 Å². The maximum atomic E-state index is 12.4. The molecule has 2 heterocycles. The van der Waals surface area contributed by atoms with Crippen LogP contribution in [0.25, 0.3) is 11.5 Å². The van der Waals surface area contributed by atoms with Crippen LogP contribution in [0.15, 0.2) is 47.3 Å². The van der Waals surface area contributed by atoms with Crippen molar-refractivity contribution in [3.05, 3.63) is 59.7 Å². The maximum absolute atomic E-state index is 12.4. The van der Waals surface area contributed by atoms with Gasteiger partial charge in [-0.25, -0.2) is 4.98 Å². The summed E-state index contributed by atoms with van der Waals surface area (Å²) in [6.07, 6.45) is 5.48. The van der Waals surface area contributed by atoms with Gasteiger partial charge in [0.25, 0.3) is 5.91 Å². The number of oxazole rings is 1. The molecule has 0 fully saturated rings. The zero-order valence-corrected chi connectivity index (χ0v) is 13.1. The van der Waals surface area contributed by atoms with Crippen LogP contribution in [0.5, 0.6) is 0 Å². The van der Waals surface area contributed by atoms with Gasteiger partial charge in [0.2, 0.25) is 5.89 Å². The van der Waals surface area contributed by atoms with E-state index in [1.54, 1.807) is 24.1 Å². The van der Waals surface area contributed by atoms with Gasteiger partial charge in [-0.3, -0.25) is 9.48 Å². The average Bonchev–Trinajstić information content (AvgIpc) is 3.28. The van der Waals surface area contributed by atoms with Crippen LogP contribution in [0, 0.1) is 0 Å². The van der Waals surface area contributed by atoms with Crippen LogP contribution in [-0.4, -0.2) is 26.7 Å². The fourth-order valence-corrected chi connectivity index (χ4v) is 3.05. The van der Waals surface area contributed by atoms with Gasteiger partial charge in [0.05, 0.1) is 23.8 Å². The van der Waals surface area contributed by atoms with Gasteiger partial charge in [-0.2, -0.15) is 5.10 Å². The van der Waals surface area contributed by atoms with Crippen LogP contribution < -0.4 is 11.1 Å². The van der Waals surface area contributed by atoms with Crippen LogP contribution in [-0.2, 0) is 13.5 Å². The molecule has 3 aromatic rings. The van der Waals surface area contributed by atoms with E-state index in [4.69, 9.17) is 10.2 Å². The summed E-state index contributed by atoms with van der Waals surface area (Å²) in [6.45, 7) is 0. The molecule has 7 heteroatoms. The minimum absolute atomic E-state index is 0.145. The predicted octanol–water partition coefficient (Wildman–Crippen LogP) is 1.43. The highest BCUT2D eigenvalue weighted by Gasteiger charge is 2.31. The Bertz CT molecular complexity index is 898. The second kappa shape index (κ2) is 5.61. The Hall–Kier alpha value is -2.93. The Morgan fingerprint density at radius 2 is 2.25 bits per heavy atom. The first-order valence-corrected chi connectivity index (χ1v) is 7.70.